The summed E-state index contributed by atoms with van der Waals surface area (Å²) in [6.07, 6.45) is 8.63. The molecule has 1 unspecified atom stereocenters. The van der Waals surface area contributed by atoms with Crippen LogP contribution in [0.15, 0.2) is 30.3 Å². The van der Waals surface area contributed by atoms with Crippen LogP contribution in [0.1, 0.15) is 51.5 Å². The molecule has 1 aromatic carbocycles. The van der Waals surface area contributed by atoms with Gasteiger partial charge in [-0.2, -0.15) is 0 Å². The van der Waals surface area contributed by atoms with Crippen molar-refractivity contribution < 1.29 is 4.74 Å². The number of hydrogen-bond donors (Lipinski definition) is 0. The third kappa shape index (κ3) is 3.38. The van der Waals surface area contributed by atoms with Crippen molar-refractivity contribution in [1.82, 2.24) is 0 Å². The molecule has 18 heavy (non-hydrogen) atoms. The number of rotatable bonds is 5. The van der Waals surface area contributed by atoms with E-state index in [0.717, 1.165) is 24.7 Å². The van der Waals surface area contributed by atoms with Gasteiger partial charge in [0.2, 0.25) is 0 Å². The van der Waals surface area contributed by atoms with Crippen LogP contribution >= 0.6 is 0 Å². The van der Waals surface area contributed by atoms with Crippen LogP contribution in [0.4, 0.5) is 0 Å². The first kappa shape index (κ1) is 13.2. The Labute approximate surface area is 111 Å². The van der Waals surface area contributed by atoms with E-state index in [1.165, 1.54) is 36.8 Å². The molecular weight excluding hydrogens is 220 g/mol. The number of ether oxygens (including phenoxy) is 1. The van der Waals surface area contributed by atoms with Gasteiger partial charge < -0.3 is 4.74 Å². The van der Waals surface area contributed by atoms with Gasteiger partial charge in [0, 0.05) is 0 Å². The molecule has 0 fully saturated rings. The van der Waals surface area contributed by atoms with Crippen LogP contribution < -0.4 is 4.74 Å². The Hall–Kier alpha value is -1.24. The third-order valence-electron chi connectivity index (χ3n) is 3.79. The van der Waals surface area contributed by atoms with E-state index in [1.54, 1.807) is 0 Å². The molecule has 0 aromatic heterocycles. The van der Waals surface area contributed by atoms with Crippen molar-refractivity contribution in [2.24, 2.45) is 5.92 Å². The molecule has 1 aliphatic carbocycles. The van der Waals surface area contributed by atoms with E-state index in [1.807, 2.05) is 0 Å². The van der Waals surface area contributed by atoms with Crippen molar-refractivity contribution in [3.8, 4) is 5.75 Å². The first-order valence-electron chi connectivity index (χ1n) is 7.25. The average molecular weight is 244 g/mol. The van der Waals surface area contributed by atoms with Gasteiger partial charge in [-0.15, -0.1) is 0 Å². The van der Waals surface area contributed by atoms with Gasteiger partial charge in [-0.1, -0.05) is 38.5 Å². The molecule has 98 valence electrons. The lowest BCUT2D eigenvalue weighted by Gasteiger charge is -2.20. The van der Waals surface area contributed by atoms with Crippen LogP contribution in [-0.4, -0.2) is 6.61 Å². The van der Waals surface area contributed by atoms with Gasteiger partial charge in [-0.25, -0.2) is 0 Å². The molecule has 0 bridgehead atoms. The van der Waals surface area contributed by atoms with Gasteiger partial charge in [0.1, 0.15) is 5.75 Å². The van der Waals surface area contributed by atoms with E-state index in [9.17, 15) is 0 Å². The predicted molar refractivity (Wildman–Crippen MR) is 77.8 cm³/mol. The summed E-state index contributed by atoms with van der Waals surface area (Å²) in [5.74, 6) is 1.89. The highest BCUT2D eigenvalue weighted by molar-refractivity contribution is 5.66. The highest BCUT2D eigenvalue weighted by atomic mass is 16.5. The second-order valence-electron chi connectivity index (χ2n) is 5.15. The van der Waals surface area contributed by atoms with Crippen molar-refractivity contribution in [2.45, 2.75) is 46.0 Å². The summed E-state index contributed by atoms with van der Waals surface area (Å²) in [5, 5.41) is 0. The molecule has 0 amide bonds. The molecule has 1 aliphatic rings. The molecule has 0 spiro atoms. The number of hydrogen-bond acceptors (Lipinski definition) is 1. The first-order chi connectivity index (χ1) is 8.83. The number of benzene rings is 1. The highest BCUT2D eigenvalue weighted by Gasteiger charge is 2.13. The smallest absolute Gasteiger partial charge is 0.119 e. The molecular formula is C17H24O. The van der Waals surface area contributed by atoms with Crippen molar-refractivity contribution in [3.05, 3.63) is 35.9 Å². The van der Waals surface area contributed by atoms with Gasteiger partial charge in [-0.3, -0.25) is 0 Å². The average Bonchev–Trinajstić information content (AvgIpc) is 2.46. The zero-order valence-corrected chi connectivity index (χ0v) is 11.6. The molecule has 0 N–H and O–H groups in total. The Morgan fingerprint density at radius 3 is 2.50 bits per heavy atom. The van der Waals surface area contributed by atoms with Crippen molar-refractivity contribution in [1.29, 1.82) is 0 Å². The highest BCUT2D eigenvalue weighted by Crippen LogP contribution is 2.32. The van der Waals surface area contributed by atoms with Crippen LogP contribution in [0.3, 0.4) is 0 Å². The van der Waals surface area contributed by atoms with Gasteiger partial charge in [0.15, 0.2) is 0 Å². The SMILES string of the molecule is CCCOc1ccc(C2=CCC(CC)CC2)cc1. The zero-order valence-electron chi connectivity index (χ0n) is 11.6. The van der Waals surface area contributed by atoms with E-state index in [0.29, 0.717) is 0 Å². The van der Waals surface area contributed by atoms with Crippen LogP contribution in [0.25, 0.3) is 5.57 Å². The van der Waals surface area contributed by atoms with Crippen molar-refractivity contribution >= 4 is 5.57 Å². The van der Waals surface area contributed by atoms with Crippen LogP contribution in [-0.2, 0) is 0 Å². The Morgan fingerprint density at radius 2 is 1.94 bits per heavy atom. The topological polar surface area (TPSA) is 9.23 Å². The molecule has 1 heteroatoms. The quantitative estimate of drug-likeness (QED) is 0.702. The van der Waals surface area contributed by atoms with E-state index >= 15 is 0 Å². The first-order valence-corrected chi connectivity index (χ1v) is 7.25. The van der Waals surface area contributed by atoms with Gasteiger partial charge >= 0.3 is 0 Å². The fraction of sp³-hybridized carbons (Fsp3) is 0.529. The van der Waals surface area contributed by atoms with Gasteiger partial charge in [0.25, 0.3) is 0 Å². The largest absolute Gasteiger partial charge is 0.494 e. The minimum Gasteiger partial charge on any atom is -0.494 e. The molecule has 0 aliphatic heterocycles. The normalized spacial score (nSPS) is 19.4. The summed E-state index contributed by atoms with van der Waals surface area (Å²) >= 11 is 0. The molecule has 2 rings (SSSR count). The Morgan fingerprint density at radius 1 is 1.17 bits per heavy atom. The summed E-state index contributed by atoms with van der Waals surface area (Å²) < 4.78 is 5.61. The maximum atomic E-state index is 5.61. The van der Waals surface area contributed by atoms with E-state index in [2.05, 4.69) is 44.2 Å². The lowest BCUT2D eigenvalue weighted by molar-refractivity contribution is 0.317. The second-order valence-corrected chi connectivity index (χ2v) is 5.15. The Balaban J connectivity index is 1.99. The maximum Gasteiger partial charge on any atom is 0.119 e. The van der Waals surface area contributed by atoms with E-state index < -0.39 is 0 Å². The van der Waals surface area contributed by atoms with E-state index in [-0.39, 0.29) is 0 Å². The van der Waals surface area contributed by atoms with Crippen LogP contribution in [0.2, 0.25) is 0 Å². The Bertz CT molecular complexity index is 389. The second kappa shape index (κ2) is 6.63. The molecule has 0 heterocycles. The summed E-state index contributed by atoms with van der Waals surface area (Å²) in [5.41, 5.74) is 2.88. The monoisotopic (exact) mass is 244 g/mol. The standard InChI is InChI=1S/C17H24O/c1-3-13-18-17-11-9-16(10-12-17)15-7-5-14(4-2)6-8-15/h7,9-12,14H,3-6,8,13H2,1-2H3. The molecule has 0 radical (unpaired) electrons. The van der Waals surface area contributed by atoms with E-state index in [4.69, 9.17) is 4.74 Å². The molecule has 1 atom stereocenters. The Kier molecular flexibility index (Phi) is 4.86. The van der Waals surface area contributed by atoms with Gasteiger partial charge in [0.05, 0.1) is 6.61 Å². The fourth-order valence-corrected chi connectivity index (χ4v) is 2.51. The minimum atomic E-state index is 0.806. The number of allylic oxidation sites excluding steroid dienone is 2. The van der Waals surface area contributed by atoms with Crippen LogP contribution in [0.5, 0.6) is 5.75 Å². The van der Waals surface area contributed by atoms with Crippen molar-refractivity contribution in [3.63, 3.8) is 0 Å². The zero-order chi connectivity index (χ0) is 12.8. The lowest BCUT2D eigenvalue weighted by Crippen LogP contribution is -2.04. The maximum absolute atomic E-state index is 5.61. The van der Waals surface area contributed by atoms with Crippen molar-refractivity contribution in [2.75, 3.05) is 6.61 Å². The van der Waals surface area contributed by atoms with Gasteiger partial charge in [-0.05, 0) is 54.9 Å². The van der Waals surface area contributed by atoms with Crippen LogP contribution in [0, 0.1) is 5.92 Å². The summed E-state index contributed by atoms with van der Waals surface area (Å²) in [7, 11) is 0. The molecule has 1 nitrogen and oxygen atoms in total. The summed E-state index contributed by atoms with van der Waals surface area (Å²) in [4.78, 5) is 0. The predicted octanol–water partition coefficient (Wildman–Crippen LogP) is 5.07. The lowest BCUT2D eigenvalue weighted by atomic mass is 9.85. The summed E-state index contributed by atoms with van der Waals surface area (Å²) in [6, 6.07) is 8.59. The third-order valence-corrected chi connectivity index (χ3v) is 3.79. The summed E-state index contributed by atoms with van der Waals surface area (Å²) in [6.45, 7) is 5.23. The fourth-order valence-electron chi connectivity index (χ4n) is 2.51. The molecule has 0 saturated carbocycles. The minimum absolute atomic E-state index is 0.806. The molecule has 0 saturated heterocycles. The molecule has 1 aromatic rings.